The first kappa shape index (κ1) is 22.9. The third kappa shape index (κ3) is 5.69. The highest BCUT2D eigenvalue weighted by Gasteiger charge is 2.15. The summed E-state index contributed by atoms with van der Waals surface area (Å²) in [5, 5.41) is 8.25. The number of fused-ring (bicyclic) bond motifs is 1. The van der Waals surface area contributed by atoms with Gasteiger partial charge >= 0.3 is 0 Å². The summed E-state index contributed by atoms with van der Waals surface area (Å²) in [5.74, 6) is -0.143. The lowest BCUT2D eigenvalue weighted by Crippen LogP contribution is -2.28. The van der Waals surface area contributed by atoms with Crippen LogP contribution < -0.4 is 16.0 Å². The van der Waals surface area contributed by atoms with E-state index in [1.165, 1.54) is 18.2 Å². The Balaban J connectivity index is 1.83. The van der Waals surface area contributed by atoms with Gasteiger partial charge in [-0.1, -0.05) is 31.5 Å². The van der Waals surface area contributed by atoms with E-state index >= 15 is 0 Å². The molecule has 8 nitrogen and oxygen atoms in total. The van der Waals surface area contributed by atoms with Crippen molar-refractivity contribution in [3.05, 3.63) is 63.5 Å². The first-order valence-electron chi connectivity index (χ1n) is 9.66. The van der Waals surface area contributed by atoms with Gasteiger partial charge in [-0.15, -0.1) is 0 Å². The summed E-state index contributed by atoms with van der Waals surface area (Å²) in [6.45, 7) is 4.54. The van der Waals surface area contributed by atoms with Gasteiger partial charge in [0, 0.05) is 30.1 Å². The molecule has 164 valence electrons. The molecule has 3 rings (SSSR count). The number of nitrogens with one attached hydrogen (secondary N) is 1. The maximum atomic E-state index is 13.0. The number of aryl methyl sites for hydroxylation is 1. The van der Waals surface area contributed by atoms with Crippen LogP contribution in [0.5, 0.6) is 0 Å². The Bertz CT molecular complexity index is 1300. The second kappa shape index (κ2) is 9.17. The minimum atomic E-state index is -3.88. The Morgan fingerprint density at radius 2 is 1.97 bits per heavy atom. The minimum Gasteiger partial charge on any atom is -0.326 e. The summed E-state index contributed by atoms with van der Waals surface area (Å²) in [4.78, 5) is 29.7. The molecule has 1 aromatic heterocycles. The van der Waals surface area contributed by atoms with Crippen molar-refractivity contribution in [3.8, 4) is 0 Å². The van der Waals surface area contributed by atoms with Gasteiger partial charge in [0.2, 0.25) is 15.9 Å². The highest BCUT2D eigenvalue weighted by molar-refractivity contribution is 7.89. The lowest BCUT2D eigenvalue weighted by molar-refractivity contribution is -0.116. The molecule has 0 saturated carbocycles. The molecule has 0 spiro atoms. The molecule has 0 saturated heterocycles. The summed E-state index contributed by atoms with van der Waals surface area (Å²) >= 11 is 6.09. The number of primary sulfonamides is 1. The number of rotatable bonds is 7. The first-order valence-corrected chi connectivity index (χ1v) is 11.6. The molecular formula is C21H23ClN4O4S. The van der Waals surface area contributed by atoms with E-state index in [0.717, 1.165) is 0 Å². The number of aromatic nitrogens is 2. The van der Waals surface area contributed by atoms with E-state index < -0.39 is 10.0 Å². The molecule has 0 fully saturated rings. The number of halogens is 1. The zero-order valence-electron chi connectivity index (χ0n) is 17.1. The zero-order valence-corrected chi connectivity index (χ0v) is 18.7. The molecule has 1 heterocycles. The molecule has 10 heteroatoms. The Labute approximate surface area is 185 Å². The predicted molar refractivity (Wildman–Crippen MR) is 121 cm³/mol. The lowest BCUT2D eigenvalue weighted by Gasteiger charge is -2.14. The number of amides is 1. The Kier molecular flexibility index (Phi) is 6.78. The Morgan fingerprint density at radius 1 is 1.23 bits per heavy atom. The van der Waals surface area contributed by atoms with Crippen molar-refractivity contribution in [2.75, 3.05) is 5.32 Å². The van der Waals surface area contributed by atoms with Crippen LogP contribution in [0, 0.1) is 5.92 Å². The molecule has 0 unspecified atom stereocenters. The van der Waals surface area contributed by atoms with Crippen molar-refractivity contribution >= 4 is 44.3 Å². The Morgan fingerprint density at radius 3 is 2.65 bits per heavy atom. The van der Waals surface area contributed by atoms with Crippen molar-refractivity contribution in [2.45, 2.75) is 38.1 Å². The summed E-state index contributed by atoms with van der Waals surface area (Å²) in [5.41, 5.74) is 1.60. The molecule has 2 aromatic carbocycles. The number of anilines is 1. The first-order chi connectivity index (χ1) is 14.5. The van der Waals surface area contributed by atoms with Crippen LogP contribution in [0.4, 0.5) is 5.69 Å². The summed E-state index contributed by atoms with van der Waals surface area (Å²) < 4.78 is 24.6. The van der Waals surface area contributed by atoms with Crippen LogP contribution in [-0.4, -0.2) is 23.9 Å². The number of nitrogens with zero attached hydrogens (tertiary/aromatic N) is 2. The highest BCUT2D eigenvalue weighted by atomic mass is 35.5. The second-order valence-corrected chi connectivity index (χ2v) is 9.62. The van der Waals surface area contributed by atoms with Gasteiger partial charge in [-0.25, -0.2) is 18.5 Å². The maximum absolute atomic E-state index is 13.0. The van der Waals surface area contributed by atoms with E-state index in [-0.39, 0.29) is 40.8 Å². The number of carbonyl (C=O) groups is 1. The zero-order chi connectivity index (χ0) is 22.8. The molecule has 0 aliphatic heterocycles. The quantitative estimate of drug-likeness (QED) is 0.558. The second-order valence-electron chi connectivity index (χ2n) is 7.62. The molecule has 0 aliphatic rings. The van der Waals surface area contributed by atoms with Gasteiger partial charge in [-0.2, -0.15) is 0 Å². The number of hydrogen-bond donors (Lipinski definition) is 2. The van der Waals surface area contributed by atoms with E-state index in [0.29, 0.717) is 28.3 Å². The topological polar surface area (TPSA) is 124 Å². The third-order valence-electron chi connectivity index (χ3n) is 4.56. The third-order valence-corrected chi connectivity index (χ3v) is 5.70. The van der Waals surface area contributed by atoms with Gasteiger partial charge in [0.15, 0.2) is 0 Å². The van der Waals surface area contributed by atoms with Crippen molar-refractivity contribution in [2.24, 2.45) is 11.1 Å². The fourth-order valence-electron chi connectivity index (χ4n) is 3.19. The molecule has 0 atom stereocenters. The molecule has 0 aliphatic carbocycles. The van der Waals surface area contributed by atoms with E-state index in [4.69, 9.17) is 16.7 Å². The van der Waals surface area contributed by atoms with Crippen LogP contribution in [0.15, 0.2) is 52.2 Å². The number of sulfonamides is 1. The standard InChI is InChI=1S/C21H23ClN4O4S/c1-13(2)12-26-19-8-6-14(22)10-18(19)25-17(21(26)28)7-9-20(27)24-15-4-3-5-16(11-15)31(23,29)30/h3-6,8,10-11,13H,7,9,12H2,1-2H3,(H,24,27)(H2,23,29,30). The van der Waals surface area contributed by atoms with Gasteiger partial charge in [0.1, 0.15) is 5.69 Å². The summed E-state index contributed by atoms with van der Waals surface area (Å²) in [6.07, 6.45) is 0.121. The number of hydrogen-bond acceptors (Lipinski definition) is 5. The molecular weight excluding hydrogens is 440 g/mol. The van der Waals surface area contributed by atoms with E-state index in [2.05, 4.69) is 10.3 Å². The van der Waals surface area contributed by atoms with Gasteiger partial charge in [0.25, 0.3) is 5.56 Å². The fraction of sp³-hybridized carbons (Fsp3) is 0.286. The maximum Gasteiger partial charge on any atom is 0.272 e. The largest absolute Gasteiger partial charge is 0.326 e. The molecule has 1 amide bonds. The number of benzene rings is 2. The smallest absolute Gasteiger partial charge is 0.272 e. The minimum absolute atomic E-state index is 0.00437. The highest BCUT2D eigenvalue weighted by Crippen LogP contribution is 2.19. The van der Waals surface area contributed by atoms with Crippen LogP contribution in [0.3, 0.4) is 0 Å². The summed E-state index contributed by atoms with van der Waals surface area (Å²) in [6, 6.07) is 10.8. The van der Waals surface area contributed by atoms with E-state index in [9.17, 15) is 18.0 Å². The van der Waals surface area contributed by atoms with Crippen molar-refractivity contribution in [1.29, 1.82) is 0 Å². The van der Waals surface area contributed by atoms with Gasteiger partial charge in [-0.3, -0.25) is 9.59 Å². The van der Waals surface area contributed by atoms with Crippen LogP contribution in [0.1, 0.15) is 26.0 Å². The van der Waals surface area contributed by atoms with E-state index in [1.807, 2.05) is 13.8 Å². The lowest BCUT2D eigenvalue weighted by atomic mass is 10.1. The monoisotopic (exact) mass is 462 g/mol. The van der Waals surface area contributed by atoms with Gasteiger partial charge < -0.3 is 9.88 Å². The van der Waals surface area contributed by atoms with Gasteiger partial charge in [0.05, 0.1) is 15.9 Å². The van der Waals surface area contributed by atoms with Crippen LogP contribution >= 0.6 is 11.6 Å². The van der Waals surface area contributed by atoms with Crippen molar-refractivity contribution in [1.82, 2.24) is 9.55 Å². The SMILES string of the molecule is CC(C)Cn1c(=O)c(CCC(=O)Nc2cccc(S(N)(=O)=O)c2)nc2cc(Cl)ccc21. The summed E-state index contributed by atoms with van der Waals surface area (Å²) in [7, 11) is -3.88. The van der Waals surface area contributed by atoms with Gasteiger partial charge in [-0.05, 0) is 42.3 Å². The molecule has 3 N–H and O–H groups in total. The van der Waals surface area contributed by atoms with Crippen molar-refractivity contribution < 1.29 is 13.2 Å². The molecule has 0 radical (unpaired) electrons. The number of nitrogens with two attached hydrogens (primary N) is 1. The average molecular weight is 463 g/mol. The Hall–Kier alpha value is -2.75. The van der Waals surface area contributed by atoms with E-state index in [1.54, 1.807) is 28.8 Å². The van der Waals surface area contributed by atoms with Crippen molar-refractivity contribution in [3.63, 3.8) is 0 Å². The van der Waals surface area contributed by atoms with Crippen LogP contribution in [0.2, 0.25) is 5.02 Å². The average Bonchev–Trinajstić information content (AvgIpc) is 2.68. The molecule has 31 heavy (non-hydrogen) atoms. The predicted octanol–water partition coefficient (Wildman–Crippen LogP) is 2.92. The van der Waals surface area contributed by atoms with Crippen LogP contribution in [0.25, 0.3) is 11.0 Å². The number of carbonyl (C=O) groups excluding carboxylic acids is 1. The van der Waals surface area contributed by atoms with Crippen LogP contribution in [-0.2, 0) is 27.8 Å². The normalized spacial score (nSPS) is 11.8. The fourth-order valence-corrected chi connectivity index (χ4v) is 3.91. The molecule has 3 aromatic rings. The molecule has 0 bridgehead atoms.